The van der Waals surface area contributed by atoms with E-state index in [1.165, 1.54) is 0 Å². The van der Waals surface area contributed by atoms with Gasteiger partial charge in [0.2, 0.25) is 0 Å². The molecule has 2 N–H and O–H groups in total. The zero-order chi connectivity index (χ0) is 14.5. The first-order valence-electron chi connectivity index (χ1n) is 7.10. The molecule has 1 saturated heterocycles. The fourth-order valence-electron chi connectivity index (χ4n) is 2.42. The zero-order valence-electron chi connectivity index (χ0n) is 11.8. The molecule has 0 amide bonds. The first kappa shape index (κ1) is 13.9. The van der Waals surface area contributed by atoms with Crippen molar-refractivity contribution in [2.75, 3.05) is 31.1 Å². The van der Waals surface area contributed by atoms with Gasteiger partial charge < -0.3 is 14.6 Å². The maximum Gasteiger partial charge on any atom is 0.274 e. The molecular formula is C15H19N4OS+. The molecule has 0 bridgehead atoms. The number of hydrogen-bond donors (Lipinski definition) is 1. The minimum Gasteiger partial charge on any atom is -0.467 e. The van der Waals surface area contributed by atoms with Gasteiger partial charge in [-0.3, -0.25) is 4.90 Å². The average molecular weight is 303 g/mol. The van der Waals surface area contributed by atoms with Gasteiger partial charge in [0.15, 0.2) is 5.11 Å². The Balaban J connectivity index is 1.48. The summed E-state index contributed by atoms with van der Waals surface area (Å²) < 4.78 is 5.29. The summed E-state index contributed by atoms with van der Waals surface area (Å²) in [6.07, 6.45) is 3.63. The highest BCUT2D eigenvalue weighted by molar-refractivity contribution is 7.80. The Morgan fingerprint density at radius 3 is 2.71 bits per heavy atom. The Hall–Kier alpha value is -2.08. The zero-order valence-corrected chi connectivity index (χ0v) is 12.6. The third-order valence-electron chi connectivity index (χ3n) is 3.59. The molecule has 0 aromatic carbocycles. The molecular weight excluding hydrogens is 284 g/mol. The minimum absolute atomic E-state index is 0.637. The molecule has 2 aromatic heterocycles. The second-order valence-electron chi connectivity index (χ2n) is 4.96. The van der Waals surface area contributed by atoms with Crippen LogP contribution in [0.25, 0.3) is 0 Å². The SMILES string of the molecule is S=C(NCc1ccco1)N1CCN(c2cccc[nH+]2)CC1. The smallest absolute Gasteiger partial charge is 0.274 e. The summed E-state index contributed by atoms with van der Waals surface area (Å²) in [5.74, 6) is 2.06. The molecule has 3 heterocycles. The molecule has 0 atom stereocenters. The van der Waals surface area contributed by atoms with E-state index < -0.39 is 0 Å². The lowest BCUT2D eigenvalue weighted by molar-refractivity contribution is -0.364. The van der Waals surface area contributed by atoms with Crippen LogP contribution in [0.3, 0.4) is 0 Å². The van der Waals surface area contributed by atoms with Gasteiger partial charge in [-0.25, -0.2) is 4.98 Å². The number of rotatable bonds is 3. The Morgan fingerprint density at radius 1 is 1.19 bits per heavy atom. The van der Waals surface area contributed by atoms with Gasteiger partial charge in [0.25, 0.3) is 5.82 Å². The second-order valence-corrected chi connectivity index (χ2v) is 5.35. The molecule has 0 spiro atoms. The molecule has 1 fully saturated rings. The summed E-state index contributed by atoms with van der Waals surface area (Å²) in [4.78, 5) is 7.82. The standard InChI is InChI=1S/C15H18N4OS/c21-15(17-12-13-4-3-11-20-13)19-9-7-18(8-10-19)14-5-1-2-6-16-14/h1-6,11H,7-10,12H2,(H,17,21)/p+1. The molecule has 0 radical (unpaired) electrons. The summed E-state index contributed by atoms with van der Waals surface area (Å²) in [6, 6.07) is 9.97. The number of pyridine rings is 1. The molecule has 6 heteroatoms. The van der Waals surface area contributed by atoms with Gasteiger partial charge >= 0.3 is 0 Å². The Bertz CT molecular complexity index is 565. The van der Waals surface area contributed by atoms with Crippen LogP contribution in [0.15, 0.2) is 47.2 Å². The van der Waals surface area contributed by atoms with Crippen LogP contribution in [0.2, 0.25) is 0 Å². The van der Waals surface area contributed by atoms with Gasteiger partial charge in [-0.1, -0.05) is 6.07 Å². The monoisotopic (exact) mass is 303 g/mol. The number of hydrogen-bond acceptors (Lipinski definition) is 3. The number of H-pyrrole nitrogens is 1. The molecule has 110 valence electrons. The fraction of sp³-hybridized carbons (Fsp3) is 0.333. The highest BCUT2D eigenvalue weighted by atomic mass is 32.1. The molecule has 21 heavy (non-hydrogen) atoms. The second kappa shape index (κ2) is 6.58. The molecule has 1 aliphatic heterocycles. The van der Waals surface area contributed by atoms with E-state index in [1.54, 1.807) is 6.26 Å². The van der Waals surface area contributed by atoms with E-state index in [1.807, 2.05) is 30.5 Å². The maximum absolute atomic E-state index is 5.45. The fourth-order valence-corrected chi connectivity index (χ4v) is 2.67. The van der Waals surface area contributed by atoms with Crippen LogP contribution >= 0.6 is 12.2 Å². The van der Waals surface area contributed by atoms with Crippen molar-refractivity contribution in [1.82, 2.24) is 10.2 Å². The Kier molecular flexibility index (Phi) is 4.35. The van der Waals surface area contributed by atoms with Crippen LogP contribution in [-0.4, -0.2) is 36.2 Å². The van der Waals surface area contributed by atoms with Gasteiger partial charge in [0.05, 0.1) is 32.1 Å². The van der Waals surface area contributed by atoms with Crippen LogP contribution < -0.4 is 15.2 Å². The molecule has 2 aromatic rings. The lowest BCUT2D eigenvalue weighted by Gasteiger charge is -2.32. The summed E-state index contributed by atoms with van der Waals surface area (Å²) in [6.45, 7) is 4.41. The van der Waals surface area contributed by atoms with Crippen molar-refractivity contribution in [3.05, 3.63) is 48.6 Å². The first-order valence-corrected chi connectivity index (χ1v) is 7.50. The van der Waals surface area contributed by atoms with Crippen molar-refractivity contribution < 1.29 is 9.40 Å². The van der Waals surface area contributed by atoms with E-state index in [-0.39, 0.29) is 0 Å². The van der Waals surface area contributed by atoms with E-state index >= 15 is 0 Å². The van der Waals surface area contributed by atoms with Crippen LogP contribution in [0.1, 0.15) is 5.76 Å². The van der Waals surface area contributed by atoms with Crippen molar-refractivity contribution >= 4 is 23.1 Å². The highest BCUT2D eigenvalue weighted by Crippen LogP contribution is 2.10. The normalized spacial score (nSPS) is 15.0. The molecule has 0 saturated carbocycles. The van der Waals surface area contributed by atoms with Crippen LogP contribution in [0.4, 0.5) is 5.82 Å². The Morgan fingerprint density at radius 2 is 2.05 bits per heavy atom. The number of aromatic amines is 1. The maximum atomic E-state index is 5.45. The number of thiocarbonyl (C=S) groups is 1. The molecule has 3 rings (SSSR count). The topological polar surface area (TPSA) is 45.8 Å². The van der Waals surface area contributed by atoms with Gasteiger partial charge in [-0.15, -0.1) is 0 Å². The minimum atomic E-state index is 0.637. The number of aromatic nitrogens is 1. The Labute approximate surface area is 129 Å². The third kappa shape index (κ3) is 3.52. The molecule has 0 aliphatic carbocycles. The van der Waals surface area contributed by atoms with Crippen molar-refractivity contribution in [2.45, 2.75) is 6.54 Å². The van der Waals surface area contributed by atoms with Crippen molar-refractivity contribution in [1.29, 1.82) is 0 Å². The number of anilines is 1. The highest BCUT2D eigenvalue weighted by Gasteiger charge is 2.24. The quantitative estimate of drug-likeness (QED) is 0.866. The van der Waals surface area contributed by atoms with Gasteiger partial charge in [-0.2, -0.15) is 0 Å². The molecule has 5 nitrogen and oxygen atoms in total. The average Bonchev–Trinajstić information content (AvgIpc) is 3.07. The third-order valence-corrected chi connectivity index (χ3v) is 4.00. The number of piperazine rings is 1. The van der Waals surface area contributed by atoms with Crippen LogP contribution in [-0.2, 0) is 6.54 Å². The summed E-state index contributed by atoms with van der Waals surface area (Å²) >= 11 is 5.45. The van der Waals surface area contributed by atoms with Crippen molar-refractivity contribution in [2.24, 2.45) is 0 Å². The van der Waals surface area contributed by atoms with E-state index in [4.69, 9.17) is 16.6 Å². The predicted molar refractivity (Wildman–Crippen MR) is 84.9 cm³/mol. The van der Waals surface area contributed by atoms with Crippen LogP contribution in [0.5, 0.6) is 0 Å². The van der Waals surface area contributed by atoms with E-state index in [9.17, 15) is 0 Å². The number of nitrogens with zero attached hydrogens (tertiary/aromatic N) is 2. The van der Waals surface area contributed by atoms with E-state index in [2.05, 4.69) is 26.2 Å². The largest absolute Gasteiger partial charge is 0.467 e. The number of nitrogens with one attached hydrogen (secondary N) is 2. The lowest BCUT2D eigenvalue weighted by atomic mass is 10.3. The van der Waals surface area contributed by atoms with E-state index in [0.717, 1.165) is 42.9 Å². The van der Waals surface area contributed by atoms with Crippen molar-refractivity contribution in [3.63, 3.8) is 0 Å². The van der Waals surface area contributed by atoms with Gasteiger partial charge in [0.1, 0.15) is 18.8 Å². The molecule has 0 unspecified atom stereocenters. The summed E-state index contributed by atoms with van der Waals surface area (Å²) in [7, 11) is 0. The summed E-state index contributed by atoms with van der Waals surface area (Å²) in [5.41, 5.74) is 0. The predicted octanol–water partition coefficient (Wildman–Crippen LogP) is 1.29. The summed E-state index contributed by atoms with van der Waals surface area (Å²) in [5, 5.41) is 4.04. The van der Waals surface area contributed by atoms with Gasteiger partial charge in [0, 0.05) is 6.07 Å². The van der Waals surface area contributed by atoms with Gasteiger partial charge in [-0.05, 0) is 30.4 Å². The van der Waals surface area contributed by atoms with Crippen LogP contribution in [0, 0.1) is 0 Å². The van der Waals surface area contributed by atoms with Crippen molar-refractivity contribution in [3.8, 4) is 0 Å². The van der Waals surface area contributed by atoms with E-state index in [0.29, 0.717) is 6.54 Å². The number of furan rings is 1. The first-order chi connectivity index (χ1) is 10.3. The molecule has 1 aliphatic rings. The lowest BCUT2D eigenvalue weighted by Crippen LogP contribution is -2.52.